The molecule has 0 radical (unpaired) electrons. The lowest BCUT2D eigenvalue weighted by molar-refractivity contribution is -0.117. The van der Waals surface area contributed by atoms with Crippen LogP contribution in [0, 0.1) is 5.82 Å². The summed E-state index contributed by atoms with van der Waals surface area (Å²) in [5, 5.41) is 5.22. The summed E-state index contributed by atoms with van der Waals surface area (Å²) in [6.45, 7) is 0.501. The second kappa shape index (κ2) is 8.75. The summed E-state index contributed by atoms with van der Waals surface area (Å²) in [5.74, 6) is 0.318. The minimum absolute atomic E-state index is 0.145. The zero-order valence-electron chi connectivity index (χ0n) is 15.1. The van der Waals surface area contributed by atoms with Crippen molar-refractivity contribution in [1.82, 2.24) is 9.88 Å². The minimum Gasteiger partial charge on any atom is -0.497 e. The number of likely N-dealkylation sites (N-methyl/N-ethyl adjacent to an activating group) is 1. The Balaban J connectivity index is 1.56. The van der Waals surface area contributed by atoms with Gasteiger partial charge in [0.25, 0.3) is 0 Å². The number of ether oxygens (including phenoxy) is 1. The lowest BCUT2D eigenvalue weighted by Crippen LogP contribution is -2.30. The summed E-state index contributed by atoms with van der Waals surface area (Å²) in [4.78, 5) is 18.4. The Labute approximate surface area is 161 Å². The number of aromatic nitrogens is 1. The first-order valence-corrected chi connectivity index (χ1v) is 9.25. The van der Waals surface area contributed by atoms with Crippen LogP contribution in [0.2, 0.25) is 0 Å². The van der Waals surface area contributed by atoms with Crippen LogP contribution in [0.3, 0.4) is 0 Å². The molecule has 3 aromatic rings. The van der Waals surface area contributed by atoms with E-state index in [9.17, 15) is 9.18 Å². The van der Waals surface area contributed by atoms with E-state index in [1.165, 1.54) is 17.4 Å². The van der Waals surface area contributed by atoms with Crippen molar-refractivity contribution in [3.05, 3.63) is 65.3 Å². The summed E-state index contributed by atoms with van der Waals surface area (Å²) in [6, 6.07) is 14.1. The Morgan fingerprint density at radius 3 is 2.67 bits per heavy atom. The number of thiazole rings is 1. The summed E-state index contributed by atoms with van der Waals surface area (Å²) in [6.07, 6.45) is 0. The first kappa shape index (κ1) is 19.0. The maximum atomic E-state index is 13.7. The molecular weight excluding hydrogens is 365 g/mol. The van der Waals surface area contributed by atoms with Gasteiger partial charge in [-0.3, -0.25) is 9.69 Å². The molecule has 0 bridgehead atoms. The molecule has 0 saturated heterocycles. The summed E-state index contributed by atoms with van der Waals surface area (Å²) < 4.78 is 18.8. The van der Waals surface area contributed by atoms with E-state index in [4.69, 9.17) is 4.74 Å². The molecule has 0 unspecified atom stereocenters. The predicted molar refractivity (Wildman–Crippen MR) is 105 cm³/mol. The van der Waals surface area contributed by atoms with Gasteiger partial charge < -0.3 is 10.1 Å². The predicted octanol–water partition coefficient (Wildman–Crippen LogP) is 4.03. The highest BCUT2D eigenvalue weighted by molar-refractivity contribution is 7.14. The van der Waals surface area contributed by atoms with Crippen LogP contribution >= 0.6 is 11.3 Å². The Bertz CT molecular complexity index is 912. The number of benzene rings is 2. The van der Waals surface area contributed by atoms with Crippen molar-refractivity contribution >= 4 is 22.4 Å². The van der Waals surface area contributed by atoms with Gasteiger partial charge in [-0.25, -0.2) is 9.37 Å². The number of amides is 1. The summed E-state index contributed by atoms with van der Waals surface area (Å²) in [5.41, 5.74) is 2.30. The fraction of sp³-hybridized carbons (Fsp3) is 0.200. The van der Waals surface area contributed by atoms with Gasteiger partial charge in [0.05, 0.1) is 19.3 Å². The number of rotatable bonds is 7. The Morgan fingerprint density at radius 2 is 1.96 bits per heavy atom. The average molecular weight is 385 g/mol. The highest BCUT2D eigenvalue weighted by Crippen LogP contribution is 2.26. The third kappa shape index (κ3) is 5.12. The molecule has 7 heteroatoms. The molecule has 0 fully saturated rings. The molecular formula is C20H20FN3O2S. The number of methoxy groups -OCH3 is 1. The van der Waals surface area contributed by atoms with Crippen molar-refractivity contribution in [2.75, 3.05) is 26.0 Å². The zero-order valence-corrected chi connectivity index (χ0v) is 15.9. The summed E-state index contributed by atoms with van der Waals surface area (Å²) >= 11 is 1.36. The van der Waals surface area contributed by atoms with Crippen LogP contribution < -0.4 is 10.1 Å². The van der Waals surface area contributed by atoms with Crippen LogP contribution in [0.1, 0.15) is 5.56 Å². The van der Waals surface area contributed by atoms with Gasteiger partial charge in [-0.15, -0.1) is 11.3 Å². The largest absolute Gasteiger partial charge is 0.497 e. The van der Waals surface area contributed by atoms with Gasteiger partial charge in [0.1, 0.15) is 11.6 Å². The van der Waals surface area contributed by atoms with Crippen LogP contribution in [0.25, 0.3) is 11.3 Å². The molecule has 1 aromatic heterocycles. The van der Waals surface area contributed by atoms with E-state index in [1.807, 2.05) is 29.6 Å². The van der Waals surface area contributed by atoms with Gasteiger partial charge in [0, 0.05) is 23.1 Å². The molecule has 1 amide bonds. The molecule has 3 rings (SSSR count). The smallest absolute Gasteiger partial charge is 0.240 e. The van der Waals surface area contributed by atoms with E-state index in [0.29, 0.717) is 17.2 Å². The second-order valence-corrected chi connectivity index (χ2v) is 6.94. The third-order valence-corrected chi connectivity index (χ3v) is 4.71. The van der Waals surface area contributed by atoms with E-state index in [2.05, 4.69) is 10.3 Å². The highest BCUT2D eigenvalue weighted by Gasteiger charge is 2.12. The number of hydrogen-bond acceptors (Lipinski definition) is 5. The molecule has 0 aliphatic carbocycles. The molecule has 0 atom stereocenters. The lowest BCUT2D eigenvalue weighted by atomic mass is 10.2. The van der Waals surface area contributed by atoms with Crippen LogP contribution in [0.15, 0.2) is 53.9 Å². The fourth-order valence-electron chi connectivity index (χ4n) is 2.60. The van der Waals surface area contributed by atoms with Gasteiger partial charge in [-0.05, 0) is 37.4 Å². The molecule has 0 aliphatic heterocycles. The molecule has 1 heterocycles. The number of carbonyl (C=O) groups excluding carboxylic acids is 1. The van der Waals surface area contributed by atoms with Gasteiger partial charge in [0.15, 0.2) is 5.13 Å². The normalized spacial score (nSPS) is 10.8. The molecule has 27 heavy (non-hydrogen) atoms. The Morgan fingerprint density at radius 1 is 1.22 bits per heavy atom. The fourth-order valence-corrected chi connectivity index (χ4v) is 3.34. The Kier molecular flexibility index (Phi) is 6.16. The molecule has 0 spiro atoms. The van der Waals surface area contributed by atoms with Crippen LogP contribution in [0.4, 0.5) is 9.52 Å². The number of hydrogen-bond donors (Lipinski definition) is 1. The third-order valence-electron chi connectivity index (χ3n) is 3.95. The number of nitrogens with zero attached hydrogens (tertiary/aromatic N) is 2. The van der Waals surface area contributed by atoms with Gasteiger partial charge in [-0.1, -0.05) is 18.2 Å². The monoisotopic (exact) mass is 385 g/mol. The molecule has 1 N–H and O–H groups in total. The highest BCUT2D eigenvalue weighted by atomic mass is 32.1. The van der Waals surface area contributed by atoms with Crippen molar-refractivity contribution in [1.29, 1.82) is 0 Å². The minimum atomic E-state index is -0.270. The van der Waals surface area contributed by atoms with E-state index in [0.717, 1.165) is 17.0 Å². The molecule has 0 saturated carbocycles. The topological polar surface area (TPSA) is 54.5 Å². The SMILES string of the molecule is COc1ccc(-c2csc(NC(=O)CN(C)Cc3ccccc3F)n2)cc1. The van der Waals surface area contributed by atoms with E-state index in [-0.39, 0.29) is 18.3 Å². The van der Waals surface area contributed by atoms with Crippen molar-refractivity contribution in [3.8, 4) is 17.0 Å². The maximum Gasteiger partial charge on any atom is 0.240 e. The molecule has 5 nitrogen and oxygen atoms in total. The van der Waals surface area contributed by atoms with Gasteiger partial charge >= 0.3 is 0 Å². The number of halogens is 1. The zero-order chi connectivity index (χ0) is 19.2. The maximum absolute atomic E-state index is 13.7. The number of carbonyl (C=O) groups is 1. The van der Waals surface area contributed by atoms with Gasteiger partial charge in [0.2, 0.25) is 5.91 Å². The standard InChI is InChI=1S/C20H20FN3O2S/c1-24(11-15-5-3-4-6-17(15)21)12-19(25)23-20-22-18(13-27-20)14-7-9-16(26-2)10-8-14/h3-10,13H,11-12H2,1-2H3,(H,22,23,25). The lowest BCUT2D eigenvalue weighted by Gasteiger charge is -2.16. The van der Waals surface area contributed by atoms with Crippen molar-refractivity contribution < 1.29 is 13.9 Å². The number of nitrogens with one attached hydrogen (secondary N) is 1. The molecule has 0 aliphatic rings. The number of anilines is 1. The van der Waals surface area contributed by atoms with Crippen LogP contribution in [-0.4, -0.2) is 36.5 Å². The van der Waals surface area contributed by atoms with E-state index in [1.54, 1.807) is 37.3 Å². The summed E-state index contributed by atoms with van der Waals surface area (Å²) in [7, 11) is 3.39. The Hall–Kier alpha value is -2.77. The van der Waals surface area contributed by atoms with Crippen LogP contribution in [-0.2, 0) is 11.3 Å². The van der Waals surface area contributed by atoms with Gasteiger partial charge in [-0.2, -0.15) is 0 Å². The van der Waals surface area contributed by atoms with Crippen molar-refractivity contribution in [2.24, 2.45) is 0 Å². The molecule has 140 valence electrons. The van der Waals surface area contributed by atoms with Crippen LogP contribution in [0.5, 0.6) is 5.75 Å². The second-order valence-electron chi connectivity index (χ2n) is 6.08. The first-order valence-electron chi connectivity index (χ1n) is 8.37. The average Bonchev–Trinajstić information content (AvgIpc) is 3.12. The van der Waals surface area contributed by atoms with E-state index < -0.39 is 0 Å². The van der Waals surface area contributed by atoms with E-state index >= 15 is 0 Å². The van der Waals surface area contributed by atoms with Crippen molar-refractivity contribution in [2.45, 2.75) is 6.54 Å². The van der Waals surface area contributed by atoms with Crippen molar-refractivity contribution in [3.63, 3.8) is 0 Å². The quantitative estimate of drug-likeness (QED) is 0.667. The first-order chi connectivity index (χ1) is 13.0. The molecule has 2 aromatic carbocycles.